The first kappa shape index (κ1) is 15.0. The molecule has 0 aliphatic rings. The number of carbonyl (C=O) groups excluding carboxylic acids is 1. The van der Waals surface area contributed by atoms with Gasteiger partial charge in [-0.05, 0) is 32.9 Å². The Balaban J connectivity index is 2.89. The summed E-state index contributed by atoms with van der Waals surface area (Å²) in [6.45, 7) is 9.91. The molecule has 0 radical (unpaired) electrons. The summed E-state index contributed by atoms with van der Waals surface area (Å²) < 4.78 is 6.94. The lowest BCUT2D eigenvalue weighted by atomic mass is 10.1. The Morgan fingerprint density at radius 1 is 1.38 bits per heavy atom. The maximum Gasteiger partial charge on any atom is 0.343 e. The number of ether oxygens (including phenoxy) is 1. The number of aromatic nitrogens is 1. The highest BCUT2D eigenvalue weighted by molar-refractivity contribution is 5.95. The molecule has 2 rings (SSSR count). The SMILES string of the molecule is C=CCn1c(C)c(C(=O)OCC)c(=O)c2cc(C)ccc21. The number of rotatable bonds is 4. The van der Waals surface area contributed by atoms with E-state index >= 15 is 0 Å². The summed E-state index contributed by atoms with van der Waals surface area (Å²) in [5, 5.41) is 0.533. The Morgan fingerprint density at radius 2 is 2.10 bits per heavy atom. The van der Waals surface area contributed by atoms with E-state index < -0.39 is 5.97 Å². The highest BCUT2D eigenvalue weighted by Crippen LogP contribution is 2.18. The molecule has 21 heavy (non-hydrogen) atoms. The van der Waals surface area contributed by atoms with Crippen LogP contribution in [0.4, 0.5) is 0 Å². The Bertz CT molecular complexity index is 772. The van der Waals surface area contributed by atoms with Gasteiger partial charge in [-0.15, -0.1) is 6.58 Å². The summed E-state index contributed by atoms with van der Waals surface area (Å²) in [7, 11) is 0. The van der Waals surface area contributed by atoms with Gasteiger partial charge in [0, 0.05) is 17.6 Å². The van der Waals surface area contributed by atoms with Crippen LogP contribution in [0.25, 0.3) is 10.9 Å². The van der Waals surface area contributed by atoms with Crippen molar-refractivity contribution in [3.63, 3.8) is 0 Å². The van der Waals surface area contributed by atoms with Crippen molar-refractivity contribution >= 4 is 16.9 Å². The first-order valence-corrected chi connectivity index (χ1v) is 6.93. The average molecular weight is 285 g/mol. The number of allylic oxidation sites excluding steroid dienone is 1. The zero-order valence-electron chi connectivity index (χ0n) is 12.6. The topological polar surface area (TPSA) is 48.3 Å². The molecular formula is C17H19NO3. The van der Waals surface area contributed by atoms with Gasteiger partial charge in [0.1, 0.15) is 5.56 Å². The van der Waals surface area contributed by atoms with E-state index in [0.29, 0.717) is 17.6 Å². The fourth-order valence-electron chi connectivity index (χ4n) is 2.49. The number of carbonyl (C=O) groups is 1. The summed E-state index contributed by atoms with van der Waals surface area (Å²) in [5.74, 6) is -0.568. The molecule has 110 valence electrons. The molecule has 0 aliphatic carbocycles. The lowest BCUT2D eigenvalue weighted by Crippen LogP contribution is -2.24. The van der Waals surface area contributed by atoms with E-state index in [1.807, 2.05) is 23.6 Å². The molecule has 4 nitrogen and oxygen atoms in total. The first-order valence-electron chi connectivity index (χ1n) is 6.93. The van der Waals surface area contributed by atoms with Crippen LogP contribution >= 0.6 is 0 Å². The predicted octanol–water partition coefficient (Wildman–Crippen LogP) is 2.98. The standard InChI is InChI=1S/C17H19NO3/c1-5-9-18-12(4)15(17(20)21-6-2)16(19)13-10-11(3)7-8-14(13)18/h5,7-8,10H,1,6,9H2,2-4H3. The molecule has 4 heteroatoms. The summed E-state index contributed by atoms with van der Waals surface area (Å²) in [4.78, 5) is 24.7. The van der Waals surface area contributed by atoms with Crippen molar-refractivity contribution in [2.45, 2.75) is 27.3 Å². The van der Waals surface area contributed by atoms with Gasteiger partial charge >= 0.3 is 5.97 Å². The van der Waals surface area contributed by atoms with E-state index in [1.165, 1.54) is 0 Å². The summed E-state index contributed by atoms with van der Waals surface area (Å²) >= 11 is 0. The van der Waals surface area contributed by atoms with Crippen LogP contribution in [-0.4, -0.2) is 17.1 Å². The molecule has 0 saturated heterocycles. The van der Waals surface area contributed by atoms with Crippen molar-refractivity contribution in [3.8, 4) is 0 Å². The molecular weight excluding hydrogens is 266 g/mol. The van der Waals surface area contributed by atoms with E-state index in [2.05, 4.69) is 6.58 Å². The van der Waals surface area contributed by atoms with E-state index in [9.17, 15) is 9.59 Å². The Kier molecular flexibility index (Phi) is 4.26. The van der Waals surface area contributed by atoms with Gasteiger partial charge in [-0.2, -0.15) is 0 Å². The van der Waals surface area contributed by atoms with Crippen molar-refractivity contribution in [3.05, 3.63) is 57.9 Å². The average Bonchev–Trinajstić information content (AvgIpc) is 2.44. The number of benzene rings is 1. The minimum atomic E-state index is -0.568. The van der Waals surface area contributed by atoms with Crippen LogP contribution in [0.1, 0.15) is 28.5 Å². The molecule has 0 spiro atoms. The minimum Gasteiger partial charge on any atom is -0.462 e. The molecule has 0 bridgehead atoms. The van der Waals surface area contributed by atoms with Gasteiger partial charge < -0.3 is 9.30 Å². The lowest BCUT2D eigenvalue weighted by molar-refractivity contribution is 0.0523. The molecule has 1 heterocycles. The van der Waals surface area contributed by atoms with Crippen molar-refractivity contribution in [2.24, 2.45) is 0 Å². The van der Waals surface area contributed by atoms with Crippen LogP contribution in [-0.2, 0) is 11.3 Å². The van der Waals surface area contributed by atoms with Crippen molar-refractivity contribution < 1.29 is 9.53 Å². The molecule has 0 N–H and O–H groups in total. The predicted molar refractivity (Wildman–Crippen MR) is 83.8 cm³/mol. The number of hydrogen-bond acceptors (Lipinski definition) is 3. The summed E-state index contributed by atoms with van der Waals surface area (Å²) in [5.41, 5.74) is 2.22. The van der Waals surface area contributed by atoms with E-state index in [4.69, 9.17) is 4.74 Å². The molecule has 0 unspecified atom stereocenters. The third-order valence-corrected chi connectivity index (χ3v) is 3.47. The Hall–Kier alpha value is -2.36. The van der Waals surface area contributed by atoms with Gasteiger partial charge in [0.05, 0.1) is 12.1 Å². The monoisotopic (exact) mass is 285 g/mol. The maximum absolute atomic E-state index is 12.6. The Morgan fingerprint density at radius 3 is 2.71 bits per heavy atom. The van der Waals surface area contributed by atoms with E-state index in [0.717, 1.165) is 11.1 Å². The molecule has 1 aromatic heterocycles. The molecule has 0 saturated carbocycles. The van der Waals surface area contributed by atoms with E-state index in [-0.39, 0.29) is 17.6 Å². The van der Waals surface area contributed by atoms with Crippen LogP contribution in [0.2, 0.25) is 0 Å². The number of fused-ring (bicyclic) bond motifs is 1. The zero-order chi connectivity index (χ0) is 15.6. The smallest absolute Gasteiger partial charge is 0.343 e. The molecule has 0 atom stereocenters. The Labute approximate surface area is 123 Å². The summed E-state index contributed by atoms with van der Waals surface area (Å²) in [6, 6.07) is 5.65. The normalized spacial score (nSPS) is 10.6. The molecule has 2 aromatic rings. The van der Waals surface area contributed by atoms with Gasteiger partial charge in [0.2, 0.25) is 5.43 Å². The number of hydrogen-bond donors (Lipinski definition) is 0. The van der Waals surface area contributed by atoms with Gasteiger partial charge in [-0.1, -0.05) is 17.7 Å². The third-order valence-electron chi connectivity index (χ3n) is 3.47. The maximum atomic E-state index is 12.6. The fourth-order valence-corrected chi connectivity index (χ4v) is 2.49. The van der Waals surface area contributed by atoms with Crippen LogP contribution in [0.5, 0.6) is 0 Å². The fraction of sp³-hybridized carbons (Fsp3) is 0.294. The number of pyridine rings is 1. The summed E-state index contributed by atoms with van der Waals surface area (Å²) in [6.07, 6.45) is 1.74. The molecule has 0 fully saturated rings. The molecule has 0 aliphatic heterocycles. The van der Waals surface area contributed by atoms with Gasteiger partial charge in [0.25, 0.3) is 0 Å². The second-order valence-corrected chi connectivity index (χ2v) is 4.93. The quantitative estimate of drug-likeness (QED) is 0.641. The van der Waals surface area contributed by atoms with Gasteiger partial charge in [-0.25, -0.2) is 4.79 Å². The third kappa shape index (κ3) is 2.61. The van der Waals surface area contributed by atoms with Crippen molar-refractivity contribution in [2.75, 3.05) is 6.61 Å². The zero-order valence-corrected chi connectivity index (χ0v) is 12.6. The highest BCUT2D eigenvalue weighted by atomic mass is 16.5. The highest BCUT2D eigenvalue weighted by Gasteiger charge is 2.20. The second-order valence-electron chi connectivity index (χ2n) is 4.93. The van der Waals surface area contributed by atoms with Gasteiger partial charge in [-0.3, -0.25) is 4.79 Å². The number of nitrogens with zero attached hydrogens (tertiary/aromatic N) is 1. The first-order chi connectivity index (χ1) is 10.0. The number of esters is 1. The van der Waals surface area contributed by atoms with Gasteiger partial charge in [0.15, 0.2) is 0 Å². The largest absolute Gasteiger partial charge is 0.462 e. The minimum absolute atomic E-state index is 0.108. The van der Waals surface area contributed by atoms with Crippen LogP contribution in [0, 0.1) is 13.8 Å². The van der Waals surface area contributed by atoms with Crippen LogP contribution in [0.3, 0.4) is 0 Å². The van der Waals surface area contributed by atoms with Crippen LogP contribution in [0.15, 0.2) is 35.6 Å². The second kappa shape index (κ2) is 5.95. The van der Waals surface area contributed by atoms with E-state index in [1.54, 1.807) is 26.0 Å². The number of aryl methyl sites for hydroxylation is 1. The molecule has 0 amide bonds. The lowest BCUT2D eigenvalue weighted by Gasteiger charge is -2.16. The van der Waals surface area contributed by atoms with Crippen molar-refractivity contribution in [1.29, 1.82) is 0 Å². The van der Waals surface area contributed by atoms with Crippen molar-refractivity contribution in [1.82, 2.24) is 4.57 Å². The van der Waals surface area contributed by atoms with Crippen LogP contribution < -0.4 is 5.43 Å². The molecule has 1 aromatic carbocycles.